The van der Waals surface area contributed by atoms with Gasteiger partial charge in [0, 0.05) is 8.96 Å². The van der Waals surface area contributed by atoms with Gasteiger partial charge in [-0.2, -0.15) is 5.09 Å². The number of halogens is 1. The first-order valence-electron chi connectivity index (χ1n) is 11.0. The van der Waals surface area contributed by atoms with Crippen molar-refractivity contribution in [3.63, 3.8) is 0 Å². The second kappa shape index (κ2) is 11.6. The highest BCUT2D eigenvalue weighted by molar-refractivity contribution is 14.1. The van der Waals surface area contributed by atoms with Gasteiger partial charge in [-0.15, -0.1) is 0 Å². The van der Waals surface area contributed by atoms with Crippen molar-refractivity contribution in [2.75, 3.05) is 0 Å². The molecule has 4 aromatic carbocycles. The Morgan fingerprint density at radius 2 is 1.67 bits per heavy atom. The van der Waals surface area contributed by atoms with Gasteiger partial charge in [0.1, 0.15) is 18.4 Å². The van der Waals surface area contributed by atoms with Crippen molar-refractivity contribution in [2.45, 2.75) is 19.6 Å². The van der Waals surface area contributed by atoms with Crippen LogP contribution in [-0.4, -0.2) is 12.0 Å². The summed E-state index contributed by atoms with van der Waals surface area (Å²) in [5, 5.41) is 4.30. The highest BCUT2D eigenvalue weighted by Gasteiger charge is 2.35. The smallest absolute Gasteiger partial charge is 0.460 e. The van der Waals surface area contributed by atoms with E-state index in [1.165, 1.54) is 6.92 Å². The predicted octanol–water partition coefficient (Wildman–Crippen LogP) is 7.28. The monoisotopic (exact) mass is 612 g/mol. The second-order valence-corrected chi connectivity index (χ2v) is 10.6. The Labute approximate surface area is 222 Å². The summed E-state index contributed by atoms with van der Waals surface area (Å²) in [6.45, 7) is 9.07. The van der Waals surface area contributed by atoms with E-state index in [4.69, 9.17) is 20.4 Å². The zero-order chi connectivity index (χ0) is 25.5. The van der Waals surface area contributed by atoms with Crippen molar-refractivity contribution >= 4 is 52.8 Å². The van der Waals surface area contributed by atoms with Gasteiger partial charge in [-0.05, 0) is 52.6 Å². The van der Waals surface area contributed by atoms with Crippen molar-refractivity contribution in [3.05, 3.63) is 112 Å². The van der Waals surface area contributed by atoms with Crippen LogP contribution in [0.1, 0.15) is 12.5 Å². The molecule has 0 aliphatic heterocycles. The number of hydrogen-bond donors (Lipinski definition) is 1. The number of rotatable bonds is 9. The summed E-state index contributed by atoms with van der Waals surface area (Å²) >= 11 is 2.00. The van der Waals surface area contributed by atoms with E-state index >= 15 is 0 Å². The molecule has 0 bridgehead atoms. The maximum atomic E-state index is 14.1. The lowest BCUT2D eigenvalue weighted by molar-refractivity contribution is -0.146. The fourth-order valence-corrected chi connectivity index (χ4v) is 5.76. The Hall–Kier alpha value is -3.38. The molecule has 0 aliphatic rings. The number of fused-ring (bicyclic) bond motifs is 1. The quantitative estimate of drug-likeness (QED) is 0.0927. The Morgan fingerprint density at radius 3 is 2.44 bits per heavy atom. The van der Waals surface area contributed by atoms with E-state index in [9.17, 15) is 9.36 Å². The topological polar surface area (TPSA) is 78.2 Å². The fourth-order valence-electron chi connectivity index (χ4n) is 3.42. The van der Waals surface area contributed by atoms with Gasteiger partial charge < -0.3 is 13.8 Å². The molecule has 0 radical (unpaired) electrons. The van der Waals surface area contributed by atoms with Crippen molar-refractivity contribution < 1.29 is 23.1 Å². The molecule has 0 saturated heterocycles. The molecule has 7 nitrogen and oxygen atoms in total. The third-order valence-electron chi connectivity index (χ3n) is 5.18. The standard InChI is InChI=1S/C27H22IN2O5P/c1-19(27(31)33-18-20-10-4-3-5-11-20)30-36(32,35-26-23(28)15-9-16-24(26)29-2)34-25-17-8-13-21-12-6-7-14-22(21)25/h3-17,19H,18H2,1H3,(H,30,32)/t19-,36?/m0/s1. The minimum Gasteiger partial charge on any atom is -0.460 e. The molecule has 2 atom stereocenters. The number of benzene rings is 4. The number of carbonyl (C=O) groups excluding carboxylic acids is 1. The van der Waals surface area contributed by atoms with Gasteiger partial charge in [0.25, 0.3) is 0 Å². The summed E-state index contributed by atoms with van der Waals surface area (Å²) in [6.07, 6.45) is 0. The molecule has 1 unspecified atom stereocenters. The number of esters is 1. The van der Waals surface area contributed by atoms with Crippen molar-refractivity contribution in [1.29, 1.82) is 0 Å². The number of ether oxygens (including phenoxy) is 1. The lowest BCUT2D eigenvalue weighted by Gasteiger charge is -2.24. The van der Waals surface area contributed by atoms with E-state index in [1.807, 2.05) is 83.3 Å². The molecule has 0 fully saturated rings. The van der Waals surface area contributed by atoms with Gasteiger partial charge in [0.15, 0.2) is 5.75 Å². The average Bonchev–Trinajstić information content (AvgIpc) is 2.89. The zero-order valence-corrected chi connectivity index (χ0v) is 22.3. The summed E-state index contributed by atoms with van der Waals surface area (Å²) in [6, 6.07) is 26.0. The molecular weight excluding hydrogens is 590 g/mol. The maximum Gasteiger partial charge on any atom is 0.512 e. The van der Waals surface area contributed by atoms with E-state index in [0.717, 1.165) is 16.3 Å². The van der Waals surface area contributed by atoms with Crippen molar-refractivity contribution in [1.82, 2.24) is 5.09 Å². The number of para-hydroxylation sites is 1. The van der Waals surface area contributed by atoms with Gasteiger partial charge in [0.05, 0.1) is 6.57 Å². The Bertz CT molecular complexity index is 1470. The predicted molar refractivity (Wildman–Crippen MR) is 147 cm³/mol. The molecule has 182 valence electrons. The van der Waals surface area contributed by atoms with E-state index in [0.29, 0.717) is 9.32 Å². The molecule has 0 saturated carbocycles. The minimum absolute atomic E-state index is 0.0689. The van der Waals surface area contributed by atoms with Crippen LogP contribution < -0.4 is 14.1 Å². The molecule has 4 rings (SSSR count). The number of nitrogens with zero attached hydrogens (tertiary/aromatic N) is 1. The molecule has 4 aromatic rings. The Morgan fingerprint density at radius 1 is 0.972 bits per heavy atom. The van der Waals surface area contributed by atoms with Crippen LogP contribution in [0.3, 0.4) is 0 Å². The minimum atomic E-state index is -4.24. The molecule has 1 N–H and O–H groups in total. The Balaban J connectivity index is 1.63. The van der Waals surface area contributed by atoms with E-state index in [1.54, 1.807) is 30.3 Å². The van der Waals surface area contributed by atoms with E-state index in [-0.39, 0.29) is 18.0 Å². The highest BCUT2D eigenvalue weighted by Crippen LogP contribution is 2.50. The van der Waals surface area contributed by atoms with Crippen LogP contribution in [0, 0.1) is 10.1 Å². The molecule has 36 heavy (non-hydrogen) atoms. The van der Waals surface area contributed by atoms with Crippen LogP contribution >= 0.6 is 30.3 Å². The van der Waals surface area contributed by atoms with Crippen LogP contribution in [0.25, 0.3) is 15.6 Å². The number of nitrogens with one attached hydrogen (secondary N) is 1. The van der Waals surface area contributed by atoms with Crippen LogP contribution in [-0.2, 0) is 20.7 Å². The number of carbonyl (C=O) groups is 1. The summed E-state index contributed by atoms with van der Waals surface area (Å²) in [5.74, 6) is -0.213. The van der Waals surface area contributed by atoms with Crippen molar-refractivity contribution in [2.24, 2.45) is 0 Å². The summed E-state index contributed by atoms with van der Waals surface area (Å²) in [7, 11) is -4.24. The van der Waals surface area contributed by atoms with Gasteiger partial charge in [0.2, 0.25) is 5.69 Å². The van der Waals surface area contributed by atoms with Crippen LogP contribution in [0.5, 0.6) is 11.5 Å². The number of hydrogen-bond acceptors (Lipinski definition) is 5. The van der Waals surface area contributed by atoms with Gasteiger partial charge in [-0.25, -0.2) is 9.41 Å². The molecule has 9 heteroatoms. The molecule has 0 aromatic heterocycles. The third kappa shape index (κ3) is 6.24. The van der Waals surface area contributed by atoms with Crippen LogP contribution in [0.15, 0.2) is 91.0 Å². The van der Waals surface area contributed by atoms with Gasteiger partial charge in [-0.1, -0.05) is 78.9 Å². The van der Waals surface area contributed by atoms with E-state index in [2.05, 4.69) is 9.93 Å². The molecular formula is C27H22IN2O5P. The first-order valence-corrected chi connectivity index (χ1v) is 13.6. The molecule has 0 spiro atoms. The second-order valence-electron chi connectivity index (χ2n) is 7.80. The lowest BCUT2D eigenvalue weighted by atomic mass is 10.1. The third-order valence-corrected chi connectivity index (χ3v) is 7.59. The first kappa shape index (κ1) is 25.7. The largest absolute Gasteiger partial charge is 0.512 e. The first-order chi connectivity index (χ1) is 17.4. The Kier molecular flexibility index (Phi) is 8.26. The average molecular weight is 612 g/mol. The SMILES string of the molecule is [C-]#[N+]c1cccc(I)c1OP(=O)(N[C@@H](C)C(=O)OCc1ccccc1)Oc1cccc2ccccc12. The van der Waals surface area contributed by atoms with E-state index < -0.39 is 19.8 Å². The molecule has 0 heterocycles. The fraction of sp³-hybridized carbons (Fsp3) is 0.111. The molecule has 0 amide bonds. The molecule has 0 aliphatic carbocycles. The van der Waals surface area contributed by atoms with Gasteiger partial charge >= 0.3 is 13.7 Å². The highest BCUT2D eigenvalue weighted by atomic mass is 127. The van der Waals surface area contributed by atoms with Gasteiger partial charge in [-0.3, -0.25) is 4.79 Å². The summed E-state index contributed by atoms with van der Waals surface area (Å²) in [5.41, 5.74) is 0.995. The lowest BCUT2D eigenvalue weighted by Crippen LogP contribution is -2.35. The summed E-state index contributed by atoms with van der Waals surface area (Å²) < 4.78 is 32.0. The van der Waals surface area contributed by atoms with Crippen LogP contribution in [0.2, 0.25) is 0 Å². The van der Waals surface area contributed by atoms with Crippen LogP contribution in [0.4, 0.5) is 5.69 Å². The maximum absolute atomic E-state index is 14.1. The normalized spacial score (nSPS) is 13.2. The van der Waals surface area contributed by atoms with Crippen molar-refractivity contribution in [3.8, 4) is 11.5 Å². The summed E-state index contributed by atoms with van der Waals surface area (Å²) in [4.78, 5) is 16.2. The zero-order valence-electron chi connectivity index (χ0n) is 19.3.